The standard InChI is InChI=1S/C21H21N3O3/c1-24(16-7-5-4-6-8-16)21(25)15-11-12-22-20(13-15)23-18-10-9-17(26-2)14-19(18)27-3/h4-14H,1-3H3,(H,22,23). The van der Waals surface area contributed by atoms with Gasteiger partial charge in [-0.3, -0.25) is 4.79 Å². The first-order valence-electron chi connectivity index (χ1n) is 8.40. The van der Waals surface area contributed by atoms with Crippen molar-refractivity contribution in [3.63, 3.8) is 0 Å². The molecule has 0 bridgehead atoms. The Kier molecular flexibility index (Phi) is 5.56. The molecule has 0 aliphatic heterocycles. The number of para-hydroxylation sites is 1. The molecule has 1 amide bonds. The molecule has 0 aliphatic rings. The average Bonchev–Trinajstić information content (AvgIpc) is 2.73. The van der Waals surface area contributed by atoms with Gasteiger partial charge in [-0.05, 0) is 36.4 Å². The number of pyridine rings is 1. The molecule has 1 aromatic heterocycles. The number of carbonyl (C=O) groups excluding carboxylic acids is 1. The fraction of sp³-hybridized carbons (Fsp3) is 0.143. The van der Waals surface area contributed by atoms with Crippen LogP contribution in [0.2, 0.25) is 0 Å². The van der Waals surface area contributed by atoms with Gasteiger partial charge in [-0.1, -0.05) is 18.2 Å². The lowest BCUT2D eigenvalue weighted by molar-refractivity contribution is 0.0993. The Bertz CT molecular complexity index is 929. The smallest absolute Gasteiger partial charge is 0.258 e. The van der Waals surface area contributed by atoms with E-state index in [9.17, 15) is 4.79 Å². The maximum absolute atomic E-state index is 12.8. The third-order valence-corrected chi connectivity index (χ3v) is 4.13. The van der Waals surface area contributed by atoms with Crippen LogP contribution >= 0.6 is 0 Å². The van der Waals surface area contributed by atoms with Gasteiger partial charge in [-0.2, -0.15) is 0 Å². The van der Waals surface area contributed by atoms with E-state index in [4.69, 9.17) is 9.47 Å². The maximum atomic E-state index is 12.8. The third kappa shape index (κ3) is 4.17. The second kappa shape index (κ2) is 8.23. The van der Waals surface area contributed by atoms with Crippen molar-refractivity contribution >= 4 is 23.1 Å². The summed E-state index contributed by atoms with van der Waals surface area (Å²) in [7, 11) is 4.93. The van der Waals surface area contributed by atoms with Crippen LogP contribution in [0.1, 0.15) is 10.4 Å². The maximum Gasteiger partial charge on any atom is 0.258 e. The number of nitrogens with zero attached hydrogens (tertiary/aromatic N) is 2. The highest BCUT2D eigenvalue weighted by atomic mass is 16.5. The molecule has 0 saturated carbocycles. The van der Waals surface area contributed by atoms with Gasteiger partial charge in [0.25, 0.3) is 5.91 Å². The van der Waals surface area contributed by atoms with Gasteiger partial charge in [-0.15, -0.1) is 0 Å². The number of hydrogen-bond acceptors (Lipinski definition) is 5. The molecule has 6 heteroatoms. The van der Waals surface area contributed by atoms with Gasteiger partial charge < -0.3 is 19.7 Å². The van der Waals surface area contributed by atoms with Crippen molar-refractivity contribution in [2.75, 3.05) is 31.5 Å². The molecule has 0 atom stereocenters. The zero-order valence-corrected chi connectivity index (χ0v) is 15.5. The van der Waals surface area contributed by atoms with Gasteiger partial charge in [0.05, 0.1) is 19.9 Å². The first-order chi connectivity index (χ1) is 13.1. The van der Waals surface area contributed by atoms with Crippen LogP contribution in [0.25, 0.3) is 0 Å². The van der Waals surface area contributed by atoms with Crippen molar-refractivity contribution in [3.05, 3.63) is 72.4 Å². The van der Waals surface area contributed by atoms with Crippen LogP contribution in [-0.2, 0) is 0 Å². The Morgan fingerprint density at radius 2 is 1.78 bits per heavy atom. The zero-order valence-electron chi connectivity index (χ0n) is 15.5. The summed E-state index contributed by atoms with van der Waals surface area (Å²) < 4.78 is 10.6. The molecule has 0 unspecified atom stereocenters. The zero-order chi connectivity index (χ0) is 19.2. The van der Waals surface area contributed by atoms with E-state index in [-0.39, 0.29) is 5.91 Å². The van der Waals surface area contributed by atoms with Gasteiger partial charge in [0.2, 0.25) is 0 Å². The van der Waals surface area contributed by atoms with Crippen molar-refractivity contribution < 1.29 is 14.3 Å². The number of amides is 1. The van der Waals surface area contributed by atoms with Crippen LogP contribution in [0, 0.1) is 0 Å². The summed E-state index contributed by atoms with van der Waals surface area (Å²) in [6.07, 6.45) is 1.60. The Hall–Kier alpha value is -3.54. The summed E-state index contributed by atoms with van der Waals surface area (Å²) in [6.45, 7) is 0. The molecule has 3 rings (SSSR count). The van der Waals surface area contributed by atoms with E-state index in [0.29, 0.717) is 22.9 Å². The highest BCUT2D eigenvalue weighted by Crippen LogP contribution is 2.31. The largest absolute Gasteiger partial charge is 0.497 e. The molecule has 0 aliphatic carbocycles. The van der Waals surface area contributed by atoms with Gasteiger partial charge in [0, 0.05) is 30.6 Å². The third-order valence-electron chi connectivity index (χ3n) is 4.13. The first-order valence-corrected chi connectivity index (χ1v) is 8.40. The van der Waals surface area contributed by atoms with Gasteiger partial charge in [-0.25, -0.2) is 4.98 Å². The van der Waals surface area contributed by atoms with Crippen molar-refractivity contribution in [1.82, 2.24) is 4.98 Å². The molecule has 6 nitrogen and oxygen atoms in total. The number of ether oxygens (including phenoxy) is 2. The topological polar surface area (TPSA) is 63.7 Å². The van der Waals surface area contributed by atoms with E-state index in [2.05, 4.69) is 10.3 Å². The minimum absolute atomic E-state index is 0.117. The highest BCUT2D eigenvalue weighted by Gasteiger charge is 2.14. The van der Waals surface area contributed by atoms with E-state index in [1.165, 1.54) is 0 Å². The number of benzene rings is 2. The number of nitrogens with one attached hydrogen (secondary N) is 1. The van der Waals surface area contributed by atoms with Crippen molar-refractivity contribution in [2.45, 2.75) is 0 Å². The number of methoxy groups -OCH3 is 2. The van der Waals surface area contributed by atoms with Gasteiger partial charge in [0.15, 0.2) is 0 Å². The number of hydrogen-bond donors (Lipinski definition) is 1. The molecule has 0 saturated heterocycles. The van der Waals surface area contributed by atoms with Crippen molar-refractivity contribution in [2.24, 2.45) is 0 Å². The highest BCUT2D eigenvalue weighted by molar-refractivity contribution is 6.06. The second-order valence-electron chi connectivity index (χ2n) is 5.82. The van der Waals surface area contributed by atoms with E-state index in [1.54, 1.807) is 50.6 Å². The quantitative estimate of drug-likeness (QED) is 0.714. The summed E-state index contributed by atoms with van der Waals surface area (Å²) >= 11 is 0. The van der Waals surface area contributed by atoms with Crippen molar-refractivity contribution in [3.8, 4) is 11.5 Å². The van der Waals surface area contributed by atoms with E-state index in [1.807, 2.05) is 42.5 Å². The molecule has 1 heterocycles. The van der Waals surface area contributed by atoms with Crippen LogP contribution in [0.5, 0.6) is 11.5 Å². The van der Waals surface area contributed by atoms with E-state index in [0.717, 1.165) is 11.4 Å². The van der Waals surface area contributed by atoms with Gasteiger partial charge >= 0.3 is 0 Å². The SMILES string of the molecule is COc1ccc(Nc2cc(C(=O)N(C)c3ccccc3)ccn2)c(OC)c1. The summed E-state index contributed by atoms with van der Waals surface area (Å²) in [5, 5.41) is 3.19. The number of aromatic nitrogens is 1. The molecular formula is C21H21N3O3. The average molecular weight is 363 g/mol. The number of rotatable bonds is 6. The number of anilines is 3. The lowest BCUT2D eigenvalue weighted by Gasteiger charge is -2.18. The van der Waals surface area contributed by atoms with Gasteiger partial charge in [0.1, 0.15) is 17.3 Å². The Morgan fingerprint density at radius 1 is 1.00 bits per heavy atom. The molecule has 1 N–H and O–H groups in total. The van der Waals surface area contributed by atoms with E-state index >= 15 is 0 Å². The molecule has 0 spiro atoms. The fourth-order valence-electron chi connectivity index (χ4n) is 2.63. The molecule has 2 aromatic carbocycles. The second-order valence-corrected chi connectivity index (χ2v) is 5.82. The molecule has 138 valence electrons. The summed E-state index contributed by atoms with van der Waals surface area (Å²) in [5.74, 6) is 1.74. The van der Waals surface area contributed by atoms with Crippen LogP contribution < -0.4 is 19.7 Å². The Morgan fingerprint density at radius 3 is 2.48 bits per heavy atom. The lowest BCUT2D eigenvalue weighted by atomic mass is 10.2. The minimum Gasteiger partial charge on any atom is -0.497 e. The fourth-order valence-corrected chi connectivity index (χ4v) is 2.63. The Labute approximate surface area is 158 Å². The molecule has 0 radical (unpaired) electrons. The molecule has 3 aromatic rings. The monoisotopic (exact) mass is 363 g/mol. The lowest BCUT2D eigenvalue weighted by Crippen LogP contribution is -2.26. The predicted octanol–water partition coefficient (Wildman–Crippen LogP) is 4.12. The van der Waals surface area contributed by atoms with Crippen LogP contribution in [0.4, 0.5) is 17.2 Å². The van der Waals surface area contributed by atoms with Crippen LogP contribution in [0.3, 0.4) is 0 Å². The first kappa shape index (κ1) is 18.3. The molecule has 0 fully saturated rings. The normalized spacial score (nSPS) is 10.2. The summed E-state index contributed by atoms with van der Waals surface area (Å²) in [6, 6.07) is 18.3. The summed E-state index contributed by atoms with van der Waals surface area (Å²) in [4.78, 5) is 18.7. The van der Waals surface area contributed by atoms with Crippen LogP contribution in [-0.4, -0.2) is 32.2 Å². The Balaban J connectivity index is 1.83. The minimum atomic E-state index is -0.117. The predicted molar refractivity (Wildman–Crippen MR) is 106 cm³/mol. The van der Waals surface area contributed by atoms with E-state index < -0.39 is 0 Å². The van der Waals surface area contributed by atoms with Crippen molar-refractivity contribution in [1.29, 1.82) is 0 Å². The molecular weight excluding hydrogens is 342 g/mol. The number of carbonyl (C=O) groups is 1. The summed E-state index contributed by atoms with van der Waals surface area (Å²) in [5.41, 5.74) is 2.09. The molecule has 27 heavy (non-hydrogen) atoms. The van der Waals surface area contributed by atoms with Crippen LogP contribution in [0.15, 0.2) is 66.9 Å².